The number of nitrogens with zero attached hydrogens (tertiary/aromatic N) is 3. The van der Waals surface area contributed by atoms with Crippen LogP contribution < -0.4 is 0 Å². The van der Waals surface area contributed by atoms with Gasteiger partial charge in [-0.25, -0.2) is 4.79 Å². The van der Waals surface area contributed by atoms with Gasteiger partial charge in [0.05, 0.1) is 18.3 Å². The van der Waals surface area contributed by atoms with Gasteiger partial charge in [0.1, 0.15) is 0 Å². The van der Waals surface area contributed by atoms with Crippen LogP contribution in [0.1, 0.15) is 26.0 Å². The number of aromatic nitrogens is 2. The van der Waals surface area contributed by atoms with Gasteiger partial charge < -0.3 is 9.64 Å². The first kappa shape index (κ1) is 11.0. The Bertz CT molecular complexity index is 373. The van der Waals surface area contributed by atoms with Crippen molar-refractivity contribution in [3.05, 3.63) is 18.0 Å². The van der Waals surface area contributed by atoms with E-state index in [0.717, 1.165) is 25.2 Å². The summed E-state index contributed by atoms with van der Waals surface area (Å²) in [5, 5.41) is 4.21. The monoisotopic (exact) mass is 223 g/mol. The Morgan fingerprint density at radius 1 is 1.50 bits per heavy atom. The number of carbonyl (C=O) groups excluding carboxylic acids is 1. The highest BCUT2D eigenvalue weighted by Crippen LogP contribution is 2.12. The molecule has 0 saturated heterocycles. The Morgan fingerprint density at radius 3 is 3.06 bits per heavy atom. The minimum atomic E-state index is -0.232. The number of hydrogen-bond donors (Lipinski definition) is 0. The maximum Gasteiger partial charge on any atom is 0.410 e. The molecule has 0 N–H and O–H groups in total. The van der Waals surface area contributed by atoms with Crippen LogP contribution in [0.15, 0.2) is 12.3 Å². The highest BCUT2D eigenvalue weighted by molar-refractivity contribution is 5.67. The smallest absolute Gasteiger partial charge is 0.410 e. The standard InChI is InChI=1S/C11H17N3O2/c1-9(2)16-11(15)13-6-3-7-14-10(8-13)4-5-12-14/h4-5,9H,3,6-8H2,1-2H3. The third kappa shape index (κ3) is 2.35. The van der Waals surface area contributed by atoms with Crippen molar-refractivity contribution >= 4 is 6.09 Å². The van der Waals surface area contributed by atoms with Gasteiger partial charge in [0.25, 0.3) is 0 Å². The maximum absolute atomic E-state index is 11.8. The minimum Gasteiger partial charge on any atom is -0.447 e. The van der Waals surface area contributed by atoms with Gasteiger partial charge in [-0.05, 0) is 26.3 Å². The molecule has 0 radical (unpaired) electrons. The van der Waals surface area contributed by atoms with E-state index in [1.807, 2.05) is 24.6 Å². The van der Waals surface area contributed by atoms with Crippen molar-refractivity contribution in [2.75, 3.05) is 6.54 Å². The first-order chi connectivity index (χ1) is 7.66. The molecule has 2 heterocycles. The lowest BCUT2D eigenvalue weighted by Crippen LogP contribution is -2.32. The van der Waals surface area contributed by atoms with Crippen LogP contribution in [0.5, 0.6) is 0 Å². The van der Waals surface area contributed by atoms with Crippen LogP contribution in [0.25, 0.3) is 0 Å². The summed E-state index contributed by atoms with van der Waals surface area (Å²) in [7, 11) is 0. The lowest BCUT2D eigenvalue weighted by molar-refractivity contribution is 0.0750. The molecule has 1 amide bonds. The van der Waals surface area contributed by atoms with E-state index in [4.69, 9.17) is 4.74 Å². The Hall–Kier alpha value is -1.52. The summed E-state index contributed by atoms with van der Waals surface area (Å²) in [4.78, 5) is 13.5. The number of aryl methyl sites for hydroxylation is 1. The molecule has 0 bridgehead atoms. The van der Waals surface area contributed by atoms with Crippen molar-refractivity contribution in [3.8, 4) is 0 Å². The van der Waals surface area contributed by atoms with Crippen LogP contribution in [-0.4, -0.2) is 33.4 Å². The molecular weight excluding hydrogens is 206 g/mol. The normalized spacial score (nSPS) is 15.8. The van der Waals surface area contributed by atoms with Crippen LogP contribution in [0.4, 0.5) is 4.79 Å². The number of ether oxygens (including phenoxy) is 1. The summed E-state index contributed by atoms with van der Waals surface area (Å²) < 4.78 is 7.14. The lowest BCUT2D eigenvalue weighted by atomic mass is 10.4. The van der Waals surface area contributed by atoms with Gasteiger partial charge in [0.2, 0.25) is 0 Å². The van der Waals surface area contributed by atoms with Crippen molar-refractivity contribution in [2.24, 2.45) is 0 Å². The topological polar surface area (TPSA) is 47.4 Å². The zero-order chi connectivity index (χ0) is 11.5. The quantitative estimate of drug-likeness (QED) is 0.727. The van der Waals surface area contributed by atoms with E-state index >= 15 is 0 Å². The fraction of sp³-hybridized carbons (Fsp3) is 0.636. The van der Waals surface area contributed by atoms with Gasteiger partial charge in [0, 0.05) is 19.3 Å². The highest BCUT2D eigenvalue weighted by atomic mass is 16.6. The van der Waals surface area contributed by atoms with Crippen molar-refractivity contribution < 1.29 is 9.53 Å². The molecule has 0 aromatic carbocycles. The van der Waals surface area contributed by atoms with Crippen LogP contribution in [0.2, 0.25) is 0 Å². The zero-order valence-electron chi connectivity index (χ0n) is 9.72. The Morgan fingerprint density at radius 2 is 2.31 bits per heavy atom. The molecule has 0 fully saturated rings. The molecule has 0 unspecified atom stereocenters. The van der Waals surface area contributed by atoms with Gasteiger partial charge >= 0.3 is 6.09 Å². The summed E-state index contributed by atoms with van der Waals surface area (Å²) in [6.45, 7) is 5.91. The molecule has 88 valence electrons. The summed E-state index contributed by atoms with van der Waals surface area (Å²) in [5.41, 5.74) is 1.07. The molecule has 1 aromatic heterocycles. The highest BCUT2D eigenvalue weighted by Gasteiger charge is 2.20. The Balaban J connectivity index is 2.05. The van der Waals surface area contributed by atoms with Gasteiger partial charge in [0.15, 0.2) is 0 Å². The molecule has 0 aliphatic carbocycles. The summed E-state index contributed by atoms with van der Waals surface area (Å²) in [5.74, 6) is 0. The van der Waals surface area contributed by atoms with E-state index < -0.39 is 0 Å². The third-order valence-electron chi connectivity index (χ3n) is 2.55. The number of carbonyl (C=O) groups is 1. The zero-order valence-corrected chi connectivity index (χ0v) is 9.72. The average Bonchev–Trinajstić information content (AvgIpc) is 2.54. The Labute approximate surface area is 95.0 Å². The first-order valence-corrected chi connectivity index (χ1v) is 5.63. The average molecular weight is 223 g/mol. The predicted molar refractivity (Wildman–Crippen MR) is 58.9 cm³/mol. The summed E-state index contributed by atoms with van der Waals surface area (Å²) in [6.07, 6.45) is 2.39. The van der Waals surface area contributed by atoms with Crippen LogP contribution in [0.3, 0.4) is 0 Å². The van der Waals surface area contributed by atoms with E-state index in [1.165, 1.54) is 0 Å². The molecule has 1 aromatic rings. The van der Waals surface area contributed by atoms with Crippen LogP contribution in [0, 0.1) is 0 Å². The summed E-state index contributed by atoms with van der Waals surface area (Å²) >= 11 is 0. The molecular formula is C11H17N3O2. The molecule has 1 aliphatic rings. The molecule has 5 nitrogen and oxygen atoms in total. The predicted octanol–water partition coefficient (Wildman–Crippen LogP) is 1.63. The number of rotatable bonds is 1. The van der Waals surface area contributed by atoms with E-state index in [2.05, 4.69) is 5.10 Å². The minimum absolute atomic E-state index is 0.0688. The second-order valence-corrected chi connectivity index (χ2v) is 4.25. The first-order valence-electron chi connectivity index (χ1n) is 5.63. The van der Waals surface area contributed by atoms with E-state index in [0.29, 0.717) is 6.54 Å². The van der Waals surface area contributed by atoms with Crippen molar-refractivity contribution in [3.63, 3.8) is 0 Å². The van der Waals surface area contributed by atoms with E-state index in [9.17, 15) is 4.79 Å². The lowest BCUT2D eigenvalue weighted by Gasteiger charge is -2.20. The molecule has 16 heavy (non-hydrogen) atoms. The fourth-order valence-electron chi connectivity index (χ4n) is 1.81. The summed E-state index contributed by atoms with van der Waals surface area (Å²) in [6, 6.07) is 1.95. The second-order valence-electron chi connectivity index (χ2n) is 4.25. The molecule has 2 rings (SSSR count). The van der Waals surface area contributed by atoms with Gasteiger partial charge in [-0.15, -0.1) is 0 Å². The third-order valence-corrected chi connectivity index (χ3v) is 2.55. The van der Waals surface area contributed by atoms with Gasteiger partial charge in [-0.2, -0.15) is 5.10 Å². The molecule has 5 heteroatoms. The maximum atomic E-state index is 11.8. The van der Waals surface area contributed by atoms with Gasteiger partial charge in [-0.3, -0.25) is 4.68 Å². The van der Waals surface area contributed by atoms with E-state index in [-0.39, 0.29) is 12.2 Å². The molecule has 0 spiro atoms. The SMILES string of the molecule is CC(C)OC(=O)N1CCCn2nccc2C1. The van der Waals surface area contributed by atoms with Crippen molar-refractivity contribution in [1.29, 1.82) is 0 Å². The number of hydrogen-bond acceptors (Lipinski definition) is 3. The molecule has 0 atom stereocenters. The van der Waals surface area contributed by atoms with Crippen molar-refractivity contribution in [2.45, 2.75) is 39.5 Å². The number of fused-ring (bicyclic) bond motifs is 1. The van der Waals surface area contributed by atoms with Gasteiger partial charge in [-0.1, -0.05) is 0 Å². The Kier molecular flexibility index (Phi) is 3.12. The number of amides is 1. The van der Waals surface area contributed by atoms with Crippen LogP contribution >= 0.6 is 0 Å². The second kappa shape index (κ2) is 4.55. The molecule has 1 aliphatic heterocycles. The largest absolute Gasteiger partial charge is 0.447 e. The molecule has 0 saturated carbocycles. The van der Waals surface area contributed by atoms with Crippen molar-refractivity contribution in [1.82, 2.24) is 14.7 Å². The van der Waals surface area contributed by atoms with Crippen LogP contribution in [-0.2, 0) is 17.8 Å². The fourth-order valence-corrected chi connectivity index (χ4v) is 1.81. The van der Waals surface area contributed by atoms with E-state index in [1.54, 1.807) is 11.1 Å².